The lowest BCUT2D eigenvalue weighted by Crippen LogP contribution is -2.47. The molecule has 0 aliphatic carbocycles. The molecule has 0 saturated carbocycles. The van der Waals surface area contributed by atoms with E-state index < -0.39 is 11.9 Å². The van der Waals surface area contributed by atoms with E-state index in [9.17, 15) is 9.59 Å². The van der Waals surface area contributed by atoms with E-state index in [-0.39, 0.29) is 12.6 Å². The van der Waals surface area contributed by atoms with Gasteiger partial charge in [0.15, 0.2) is 0 Å². The summed E-state index contributed by atoms with van der Waals surface area (Å²) >= 11 is 1.85. The van der Waals surface area contributed by atoms with Crippen LogP contribution in [0.1, 0.15) is 13.8 Å². The van der Waals surface area contributed by atoms with Crippen LogP contribution in [0.2, 0.25) is 0 Å². The highest BCUT2D eigenvalue weighted by molar-refractivity contribution is 7.99. The number of hydrogen-bond donors (Lipinski definition) is 2. The molecular formula is C10H18N2O3S. The summed E-state index contributed by atoms with van der Waals surface area (Å²) in [6.07, 6.45) is 0. The Labute approximate surface area is 99.6 Å². The summed E-state index contributed by atoms with van der Waals surface area (Å²) in [5, 5.41) is 11.8. The Kier molecular flexibility index (Phi) is 4.92. The normalized spacial score (nSPS) is 22.6. The fourth-order valence-electron chi connectivity index (χ4n) is 1.44. The largest absolute Gasteiger partial charge is 0.481 e. The molecule has 0 aromatic carbocycles. The van der Waals surface area contributed by atoms with Crippen molar-refractivity contribution in [1.29, 1.82) is 0 Å². The summed E-state index contributed by atoms with van der Waals surface area (Å²) in [4.78, 5) is 24.0. The number of amides is 2. The maximum absolute atomic E-state index is 11.7. The van der Waals surface area contributed by atoms with Crippen LogP contribution < -0.4 is 5.32 Å². The third-order valence-corrected chi connectivity index (χ3v) is 3.65. The van der Waals surface area contributed by atoms with Crippen molar-refractivity contribution in [2.24, 2.45) is 5.92 Å². The molecule has 5 nitrogen and oxygen atoms in total. The van der Waals surface area contributed by atoms with Crippen LogP contribution in [0.4, 0.5) is 4.79 Å². The summed E-state index contributed by atoms with van der Waals surface area (Å²) in [7, 11) is 0. The fraction of sp³-hybridized carbons (Fsp3) is 0.800. The number of carboxylic acid groups (broad SMARTS) is 1. The van der Waals surface area contributed by atoms with Gasteiger partial charge in [-0.2, -0.15) is 11.8 Å². The van der Waals surface area contributed by atoms with Gasteiger partial charge in [-0.3, -0.25) is 4.79 Å². The number of nitrogens with zero attached hydrogens (tertiary/aromatic N) is 1. The molecule has 1 fully saturated rings. The predicted octanol–water partition coefficient (Wildman–Crippen LogP) is 0.854. The minimum atomic E-state index is -0.886. The summed E-state index contributed by atoms with van der Waals surface area (Å²) in [5.74, 6) is -0.480. The predicted molar refractivity (Wildman–Crippen MR) is 63.7 cm³/mol. The second kappa shape index (κ2) is 5.98. The second-order valence-electron chi connectivity index (χ2n) is 4.05. The third kappa shape index (κ3) is 3.92. The van der Waals surface area contributed by atoms with Crippen LogP contribution in [-0.2, 0) is 4.79 Å². The summed E-state index contributed by atoms with van der Waals surface area (Å²) in [5.41, 5.74) is 0. The molecule has 1 aliphatic heterocycles. The Morgan fingerprint density at radius 2 is 2.31 bits per heavy atom. The molecule has 1 aliphatic rings. The average Bonchev–Trinajstić information content (AvgIpc) is 2.25. The van der Waals surface area contributed by atoms with Crippen LogP contribution in [0.25, 0.3) is 0 Å². The van der Waals surface area contributed by atoms with E-state index in [4.69, 9.17) is 5.11 Å². The number of nitrogens with one attached hydrogen (secondary N) is 1. The van der Waals surface area contributed by atoms with Gasteiger partial charge in [0, 0.05) is 30.6 Å². The smallest absolute Gasteiger partial charge is 0.317 e. The van der Waals surface area contributed by atoms with E-state index in [0.717, 1.165) is 18.8 Å². The van der Waals surface area contributed by atoms with Gasteiger partial charge in [0.05, 0.1) is 5.92 Å². The molecule has 1 rings (SSSR count). The molecule has 92 valence electrons. The van der Waals surface area contributed by atoms with Crippen LogP contribution in [0, 0.1) is 5.92 Å². The van der Waals surface area contributed by atoms with Gasteiger partial charge >= 0.3 is 12.0 Å². The maximum Gasteiger partial charge on any atom is 0.317 e. The van der Waals surface area contributed by atoms with Crippen LogP contribution >= 0.6 is 11.8 Å². The third-order valence-electron chi connectivity index (χ3n) is 2.51. The number of thioether (sulfide) groups is 1. The van der Waals surface area contributed by atoms with Gasteiger partial charge in [-0.25, -0.2) is 4.79 Å². The number of carbonyl (C=O) groups excluding carboxylic acids is 1. The number of hydrogen-bond acceptors (Lipinski definition) is 3. The van der Waals surface area contributed by atoms with Crippen molar-refractivity contribution in [2.45, 2.75) is 19.1 Å². The zero-order valence-electron chi connectivity index (χ0n) is 9.60. The van der Waals surface area contributed by atoms with Crippen LogP contribution in [0.15, 0.2) is 0 Å². The first kappa shape index (κ1) is 13.2. The first-order valence-corrected chi connectivity index (χ1v) is 6.42. The van der Waals surface area contributed by atoms with E-state index in [1.807, 2.05) is 11.8 Å². The van der Waals surface area contributed by atoms with E-state index in [0.29, 0.717) is 5.25 Å². The Bertz CT molecular complexity index is 273. The van der Waals surface area contributed by atoms with Crippen LogP contribution in [-0.4, -0.2) is 52.6 Å². The maximum atomic E-state index is 11.7. The molecular weight excluding hydrogens is 228 g/mol. The highest BCUT2D eigenvalue weighted by Crippen LogP contribution is 2.17. The van der Waals surface area contributed by atoms with E-state index >= 15 is 0 Å². The zero-order chi connectivity index (χ0) is 12.1. The van der Waals surface area contributed by atoms with Gasteiger partial charge in [-0.15, -0.1) is 0 Å². The van der Waals surface area contributed by atoms with Crippen molar-refractivity contribution in [1.82, 2.24) is 10.2 Å². The van der Waals surface area contributed by atoms with E-state index in [2.05, 4.69) is 12.2 Å². The Hall–Kier alpha value is -0.910. The molecule has 2 N–H and O–H groups in total. The molecule has 2 atom stereocenters. The van der Waals surface area contributed by atoms with E-state index in [1.54, 1.807) is 11.8 Å². The quantitative estimate of drug-likeness (QED) is 0.774. The van der Waals surface area contributed by atoms with Gasteiger partial charge < -0.3 is 15.3 Å². The van der Waals surface area contributed by atoms with Gasteiger partial charge in [0.1, 0.15) is 0 Å². The molecule has 16 heavy (non-hydrogen) atoms. The minimum Gasteiger partial charge on any atom is -0.481 e. The first-order chi connectivity index (χ1) is 7.50. The fourth-order valence-corrected chi connectivity index (χ4v) is 2.46. The SMILES string of the molecule is CC1CN(C(=O)NCC(C)C(=O)O)CCS1. The number of rotatable bonds is 3. The average molecular weight is 246 g/mol. The van der Waals surface area contributed by atoms with Crippen LogP contribution in [0.5, 0.6) is 0 Å². The number of carbonyl (C=O) groups is 2. The van der Waals surface area contributed by atoms with Crippen molar-refractivity contribution in [3.05, 3.63) is 0 Å². The molecule has 1 saturated heterocycles. The summed E-state index contributed by atoms with van der Waals surface area (Å²) < 4.78 is 0. The monoisotopic (exact) mass is 246 g/mol. The molecule has 0 bridgehead atoms. The van der Waals surface area contributed by atoms with Crippen molar-refractivity contribution in [3.8, 4) is 0 Å². The molecule has 6 heteroatoms. The topological polar surface area (TPSA) is 69.6 Å². The number of urea groups is 1. The molecule has 2 amide bonds. The lowest BCUT2D eigenvalue weighted by Gasteiger charge is -2.30. The molecule has 0 aromatic rings. The van der Waals surface area contributed by atoms with Gasteiger partial charge in [-0.05, 0) is 0 Å². The van der Waals surface area contributed by atoms with Crippen LogP contribution in [0.3, 0.4) is 0 Å². The highest BCUT2D eigenvalue weighted by Gasteiger charge is 2.22. The standard InChI is InChI=1S/C10H18N2O3S/c1-7(9(13)14)5-11-10(15)12-3-4-16-8(2)6-12/h7-8H,3-6H2,1-2H3,(H,11,15)(H,13,14). The highest BCUT2D eigenvalue weighted by atomic mass is 32.2. The molecule has 0 radical (unpaired) electrons. The molecule has 2 unspecified atom stereocenters. The van der Waals surface area contributed by atoms with Gasteiger partial charge in [0.2, 0.25) is 0 Å². The lowest BCUT2D eigenvalue weighted by molar-refractivity contribution is -0.140. The molecule has 0 aromatic heterocycles. The Morgan fingerprint density at radius 1 is 1.62 bits per heavy atom. The Morgan fingerprint density at radius 3 is 2.88 bits per heavy atom. The second-order valence-corrected chi connectivity index (χ2v) is 5.60. The van der Waals surface area contributed by atoms with Gasteiger partial charge in [-0.1, -0.05) is 13.8 Å². The number of aliphatic carboxylic acids is 1. The van der Waals surface area contributed by atoms with Crippen molar-refractivity contribution in [3.63, 3.8) is 0 Å². The summed E-state index contributed by atoms with van der Waals surface area (Å²) in [6.45, 7) is 5.33. The van der Waals surface area contributed by atoms with Crippen molar-refractivity contribution < 1.29 is 14.7 Å². The van der Waals surface area contributed by atoms with E-state index in [1.165, 1.54) is 0 Å². The zero-order valence-corrected chi connectivity index (χ0v) is 10.4. The summed E-state index contributed by atoms with van der Waals surface area (Å²) in [6, 6.07) is -0.153. The molecule has 0 spiro atoms. The minimum absolute atomic E-state index is 0.153. The number of carboxylic acids is 1. The van der Waals surface area contributed by atoms with Crippen molar-refractivity contribution >= 4 is 23.8 Å². The van der Waals surface area contributed by atoms with Gasteiger partial charge in [0.25, 0.3) is 0 Å². The lowest BCUT2D eigenvalue weighted by atomic mass is 10.2. The Balaban J connectivity index is 2.31. The first-order valence-electron chi connectivity index (χ1n) is 5.38. The van der Waals surface area contributed by atoms with Crippen molar-refractivity contribution in [2.75, 3.05) is 25.4 Å². The molecule has 1 heterocycles.